The van der Waals surface area contributed by atoms with Gasteiger partial charge in [0.05, 0.1) is 11.7 Å². The van der Waals surface area contributed by atoms with Crippen molar-refractivity contribution in [3.8, 4) is 0 Å². The number of anilines is 1. The largest absolute Gasteiger partial charge is 0.376 e. The van der Waals surface area contributed by atoms with Gasteiger partial charge in [0.1, 0.15) is 5.82 Å². The minimum absolute atomic E-state index is 0.0469. The number of para-hydroxylation sites is 1. The normalized spacial score (nSPS) is 12.2. The van der Waals surface area contributed by atoms with Crippen molar-refractivity contribution in [1.29, 1.82) is 0 Å². The molecule has 0 spiro atoms. The Kier molecular flexibility index (Phi) is 3.87. The summed E-state index contributed by atoms with van der Waals surface area (Å²) < 4.78 is 13.7. The summed E-state index contributed by atoms with van der Waals surface area (Å²) >= 11 is 6.13. The number of hydrogen-bond acceptors (Lipinski definition) is 1. The second-order valence-corrected chi connectivity index (χ2v) is 4.73. The predicted octanol–water partition coefficient (Wildman–Crippen LogP) is 4.96. The minimum Gasteiger partial charge on any atom is -0.376 e. The molecule has 0 radical (unpaired) electrons. The lowest BCUT2D eigenvalue weighted by molar-refractivity contribution is 0.626. The molecule has 0 fully saturated rings. The first-order chi connectivity index (χ1) is 8.59. The van der Waals surface area contributed by atoms with Crippen LogP contribution in [0.2, 0.25) is 5.02 Å². The molecule has 1 N–H and O–H groups in total. The van der Waals surface area contributed by atoms with Crippen molar-refractivity contribution >= 4 is 17.3 Å². The molecule has 0 saturated carbocycles. The molecule has 0 aliphatic heterocycles. The van der Waals surface area contributed by atoms with Crippen molar-refractivity contribution in [1.82, 2.24) is 0 Å². The fraction of sp³-hybridized carbons (Fsp3) is 0.200. The summed E-state index contributed by atoms with van der Waals surface area (Å²) in [7, 11) is 0. The number of aryl methyl sites for hydroxylation is 1. The zero-order valence-corrected chi connectivity index (χ0v) is 11.1. The van der Waals surface area contributed by atoms with Crippen LogP contribution in [0.3, 0.4) is 0 Å². The van der Waals surface area contributed by atoms with E-state index in [0.29, 0.717) is 10.7 Å². The highest BCUT2D eigenvalue weighted by Crippen LogP contribution is 2.28. The van der Waals surface area contributed by atoms with Crippen LogP contribution < -0.4 is 5.32 Å². The molecule has 0 heterocycles. The smallest absolute Gasteiger partial charge is 0.146 e. The molecule has 2 aromatic carbocycles. The van der Waals surface area contributed by atoms with Crippen LogP contribution in [0, 0.1) is 12.7 Å². The SMILES string of the molecule is Cc1cccc(F)c1NC(C)c1ccccc1Cl. The number of halogens is 2. The van der Waals surface area contributed by atoms with E-state index in [-0.39, 0.29) is 11.9 Å². The quantitative estimate of drug-likeness (QED) is 0.825. The first-order valence-electron chi connectivity index (χ1n) is 5.85. The maximum absolute atomic E-state index is 13.7. The maximum atomic E-state index is 13.7. The topological polar surface area (TPSA) is 12.0 Å². The van der Waals surface area contributed by atoms with Gasteiger partial charge in [-0.25, -0.2) is 4.39 Å². The molecule has 1 unspecified atom stereocenters. The molecule has 1 atom stereocenters. The first kappa shape index (κ1) is 12.9. The van der Waals surface area contributed by atoms with Gasteiger partial charge >= 0.3 is 0 Å². The van der Waals surface area contributed by atoms with Crippen LogP contribution in [0.25, 0.3) is 0 Å². The standard InChI is InChI=1S/C15H15ClFN/c1-10-6-5-9-14(17)15(10)18-11(2)12-7-3-4-8-13(12)16/h3-9,11,18H,1-2H3. The summed E-state index contributed by atoms with van der Waals surface area (Å²) in [5, 5.41) is 3.86. The Morgan fingerprint density at radius 2 is 1.83 bits per heavy atom. The molecule has 2 rings (SSSR count). The van der Waals surface area contributed by atoms with E-state index in [4.69, 9.17) is 11.6 Å². The lowest BCUT2D eigenvalue weighted by Crippen LogP contribution is -2.09. The van der Waals surface area contributed by atoms with Gasteiger partial charge in [0, 0.05) is 5.02 Å². The summed E-state index contributed by atoms with van der Waals surface area (Å²) in [6.07, 6.45) is 0. The van der Waals surface area contributed by atoms with E-state index in [0.717, 1.165) is 11.1 Å². The third-order valence-electron chi connectivity index (χ3n) is 2.95. The van der Waals surface area contributed by atoms with Gasteiger partial charge in [-0.1, -0.05) is 41.9 Å². The lowest BCUT2D eigenvalue weighted by atomic mass is 10.1. The van der Waals surface area contributed by atoms with Gasteiger partial charge in [0.15, 0.2) is 0 Å². The molecule has 0 bridgehead atoms. The van der Waals surface area contributed by atoms with Gasteiger partial charge in [0.25, 0.3) is 0 Å². The van der Waals surface area contributed by atoms with Gasteiger partial charge < -0.3 is 5.32 Å². The Morgan fingerprint density at radius 1 is 1.11 bits per heavy atom. The molecule has 0 amide bonds. The van der Waals surface area contributed by atoms with E-state index in [1.54, 1.807) is 6.07 Å². The third-order valence-corrected chi connectivity index (χ3v) is 3.30. The van der Waals surface area contributed by atoms with E-state index in [1.165, 1.54) is 6.07 Å². The molecule has 0 saturated heterocycles. The van der Waals surface area contributed by atoms with Crippen molar-refractivity contribution in [2.45, 2.75) is 19.9 Å². The molecule has 0 aliphatic carbocycles. The summed E-state index contributed by atoms with van der Waals surface area (Å²) in [5.74, 6) is -0.242. The molecule has 3 heteroatoms. The summed E-state index contributed by atoms with van der Waals surface area (Å²) in [6.45, 7) is 3.85. The van der Waals surface area contributed by atoms with Crippen LogP contribution in [0.4, 0.5) is 10.1 Å². The van der Waals surface area contributed by atoms with E-state index in [9.17, 15) is 4.39 Å². The summed E-state index contributed by atoms with van der Waals surface area (Å²) in [4.78, 5) is 0. The van der Waals surface area contributed by atoms with E-state index in [2.05, 4.69) is 5.32 Å². The van der Waals surface area contributed by atoms with Gasteiger partial charge in [-0.15, -0.1) is 0 Å². The number of rotatable bonds is 3. The minimum atomic E-state index is -0.242. The zero-order valence-electron chi connectivity index (χ0n) is 10.4. The van der Waals surface area contributed by atoms with Crippen molar-refractivity contribution in [2.75, 3.05) is 5.32 Å². The van der Waals surface area contributed by atoms with Gasteiger partial charge in [-0.3, -0.25) is 0 Å². The van der Waals surface area contributed by atoms with Gasteiger partial charge in [0.2, 0.25) is 0 Å². The average molecular weight is 264 g/mol. The van der Waals surface area contributed by atoms with Crippen LogP contribution in [0.5, 0.6) is 0 Å². The molecule has 0 aliphatic rings. The van der Waals surface area contributed by atoms with E-state index in [1.807, 2.05) is 44.2 Å². The summed E-state index contributed by atoms with van der Waals surface area (Å²) in [5.41, 5.74) is 2.38. The molecule has 0 aromatic heterocycles. The van der Waals surface area contributed by atoms with Crippen LogP contribution >= 0.6 is 11.6 Å². The first-order valence-corrected chi connectivity index (χ1v) is 6.23. The molecule has 2 aromatic rings. The highest BCUT2D eigenvalue weighted by atomic mass is 35.5. The average Bonchev–Trinajstić information content (AvgIpc) is 2.34. The van der Waals surface area contributed by atoms with Gasteiger partial charge in [-0.05, 0) is 37.1 Å². The van der Waals surface area contributed by atoms with Crippen LogP contribution in [-0.2, 0) is 0 Å². The second kappa shape index (κ2) is 5.40. The molecule has 18 heavy (non-hydrogen) atoms. The second-order valence-electron chi connectivity index (χ2n) is 4.32. The highest BCUT2D eigenvalue weighted by molar-refractivity contribution is 6.31. The fourth-order valence-corrected chi connectivity index (χ4v) is 2.23. The molecule has 1 nitrogen and oxygen atoms in total. The molecule has 94 valence electrons. The molecular formula is C15H15ClFN. The highest BCUT2D eigenvalue weighted by Gasteiger charge is 2.12. The van der Waals surface area contributed by atoms with Crippen LogP contribution in [-0.4, -0.2) is 0 Å². The monoisotopic (exact) mass is 263 g/mol. The van der Waals surface area contributed by atoms with Gasteiger partial charge in [-0.2, -0.15) is 0 Å². The van der Waals surface area contributed by atoms with E-state index < -0.39 is 0 Å². The Balaban J connectivity index is 2.27. The van der Waals surface area contributed by atoms with Crippen LogP contribution in [0.1, 0.15) is 24.1 Å². The van der Waals surface area contributed by atoms with E-state index >= 15 is 0 Å². The predicted molar refractivity (Wildman–Crippen MR) is 74.6 cm³/mol. The summed E-state index contributed by atoms with van der Waals surface area (Å²) in [6, 6.07) is 12.6. The lowest BCUT2D eigenvalue weighted by Gasteiger charge is -2.19. The Hall–Kier alpha value is -1.54. The number of nitrogens with one attached hydrogen (secondary N) is 1. The fourth-order valence-electron chi connectivity index (χ4n) is 1.94. The van der Waals surface area contributed by atoms with Crippen molar-refractivity contribution in [3.63, 3.8) is 0 Å². The number of benzene rings is 2. The zero-order chi connectivity index (χ0) is 13.1. The Bertz CT molecular complexity index is 534. The Morgan fingerprint density at radius 3 is 2.50 bits per heavy atom. The molecular weight excluding hydrogens is 249 g/mol. The van der Waals surface area contributed by atoms with Crippen molar-refractivity contribution in [2.24, 2.45) is 0 Å². The number of hydrogen-bond donors (Lipinski definition) is 1. The maximum Gasteiger partial charge on any atom is 0.146 e. The third kappa shape index (κ3) is 2.65. The Labute approximate surface area is 112 Å². The van der Waals surface area contributed by atoms with Crippen LogP contribution in [0.15, 0.2) is 42.5 Å². The van der Waals surface area contributed by atoms with Crippen molar-refractivity contribution < 1.29 is 4.39 Å². The van der Waals surface area contributed by atoms with Crippen molar-refractivity contribution in [3.05, 3.63) is 64.4 Å².